The molecule has 19 heavy (non-hydrogen) atoms. The lowest BCUT2D eigenvalue weighted by Gasteiger charge is -2.09. The van der Waals surface area contributed by atoms with Gasteiger partial charge in [-0.25, -0.2) is 4.79 Å². The Hall–Kier alpha value is -1.47. The lowest BCUT2D eigenvalue weighted by Crippen LogP contribution is -2.34. The van der Waals surface area contributed by atoms with Gasteiger partial charge >= 0.3 is 11.9 Å². The third-order valence-corrected chi connectivity index (χ3v) is 3.26. The number of ether oxygens (including phenoxy) is 2. The van der Waals surface area contributed by atoms with Crippen LogP contribution in [-0.2, 0) is 20.0 Å². The van der Waals surface area contributed by atoms with Crippen LogP contribution in [-0.4, -0.2) is 37.4 Å². The van der Waals surface area contributed by atoms with Gasteiger partial charge in [0.15, 0.2) is 0 Å². The molecular weight excluding hydrogens is 270 g/mol. The van der Waals surface area contributed by atoms with Gasteiger partial charge in [0.25, 0.3) is 0 Å². The van der Waals surface area contributed by atoms with Crippen molar-refractivity contribution in [3.8, 4) is 0 Å². The number of hydrogen-bond donors (Lipinski definition) is 1. The summed E-state index contributed by atoms with van der Waals surface area (Å²) in [4.78, 5) is 22.4. The number of furan rings is 1. The number of hydrogen-bond acceptors (Lipinski definition) is 7. The maximum absolute atomic E-state index is 11.3. The predicted molar refractivity (Wildman–Crippen MR) is 70.8 cm³/mol. The van der Waals surface area contributed by atoms with Crippen LogP contribution in [0.25, 0.3) is 0 Å². The van der Waals surface area contributed by atoms with Crippen LogP contribution in [0.1, 0.15) is 23.2 Å². The largest absolute Gasteiger partial charge is 0.465 e. The first-order chi connectivity index (χ1) is 9.08. The highest BCUT2D eigenvalue weighted by Crippen LogP contribution is 2.16. The Labute approximate surface area is 115 Å². The molecule has 0 spiro atoms. The SMILES string of the molecule is CCOC(=O)C(N)CSCc1ccc(C(=O)OC)o1. The van der Waals surface area contributed by atoms with Crippen LogP contribution in [0.15, 0.2) is 16.5 Å². The Morgan fingerprint density at radius 1 is 1.47 bits per heavy atom. The Balaban J connectivity index is 2.35. The first-order valence-electron chi connectivity index (χ1n) is 5.75. The van der Waals surface area contributed by atoms with E-state index in [2.05, 4.69) is 4.74 Å². The lowest BCUT2D eigenvalue weighted by atomic mass is 10.4. The Kier molecular flexibility index (Phi) is 6.44. The summed E-state index contributed by atoms with van der Waals surface area (Å²) in [5.41, 5.74) is 5.64. The first-order valence-corrected chi connectivity index (χ1v) is 6.91. The van der Waals surface area contributed by atoms with Crippen molar-refractivity contribution in [1.29, 1.82) is 0 Å². The van der Waals surface area contributed by atoms with Crippen LogP contribution < -0.4 is 5.73 Å². The van der Waals surface area contributed by atoms with Gasteiger partial charge in [0.1, 0.15) is 11.8 Å². The first kappa shape index (κ1) is 15.6. The molecule has 0 fully saturated rings. The number of carbonyl (C=O) groups is 2. The average Bonchev–Trinajstić information content (AvgIpc) is 2.86. The van der Waals surface area contributed by atoms with Crippen molar-refractivity contribution in [1.82, 2.24) is 0 Å². The molecule has 0 saturated carbocycles. The van der Waals surface area contributed by atoms with E-state index in [0.29, 0.717) is 23.9 Å². The second-order valence-corrected chi connectivity index (χ2v) is 4.66. The molecule has 0 aliphatic heterocycles. The maximum atomic E-state index is 11.3. The number of carbonyl (C=O) groups excluding carboxylic acids is 2. The molecule has 106 valence electrons. The highest BCUT2D eigenvalue weighted by atomic mass is 32.2. The van der Waals surface area contributed by atoms with Gasteiger partial charge in [0.05, 0.1) is 19.5 Å². The molecule has 0 aliphatic rings. The van der Waals surface area contributed by atoms with Gasteiger partial charge in [-0.15, -0.1) is 0 Å². The summed E-state index contributed by atoms with van der Waals surface area (Å²) in [5.74, 6) is 0.801. The average molecular weight is 287 g/mol. The van der Waals surface area contributed by atoms with E-state index in [1.807, 2.05) is 0 Å². The highest BCUT2D eigenvalue weighted by Gasteiger charge is 2.15. The molecule has 1 aromatic heterocycles. The predicted octanol–water partition coefficient (Wildman–Crippen LogP) is 1.19. The summed E-state index contributed by atoms with van der Waals surface area (Å²) in [7, 11) is 1.29. The number of nitrogens with two attached hydrogens (primary N) is 1. The van der Waals surface area contributed by atoms with Crippen LogP contribution in [0, 0.1) is 0 Å². The number of thioether (sulfide) groups is 1. The fourth-order valence-corrected chi connectivity index (χ4v) is 2.13. The van der Waals surface area contributed by atoms with E-state index in [0.717, 1.165) is 0 Å². The minimum atomic E-state index is -0.653. The van der Waals surface area contributed by atoms with Crippen molar-refractivity contribution < 1.29 is 23.5 Å². The van der Waals surface area contributed by atoms with E-state index < -0.39 is 18.0 Å². The molecule has 0 aromatic carbocycles. The van der Waals surface area contributed by atoms with E-state index >= 15 is 0 Å². The molecule has 1 aromatic rings. The molecule has 6 nitrogen and oxygen atoms in total. The van der Waals surface area contributed by atoms with Gasteiger partial charge in [0, 0.05) is 5.75 Å². The molecule has 1 heterocycles. The zero-order valence-electron chi connectivity index (χ0n) is 10.9. The van der Waals surface area contributed by atoms with Crippen molar-refractivity contribution in [3.05, 3.63) is 23.7 Å². The van der Waals surface area contributed by atoms with E-state index in [-0.39, 0.29) is 5.76 Å². The van der Waals surface area contributed by atoms with Crippen LogP contribution in [0.3, 0.4) is 0 Å². The van der Waals surface area contributed by atoms with Gasteiger partial charge in [-0.1, -0.05) is 0 Å². The van der Waals surface area contributed by atoms with Crippen LogP contribution in [0.5, 0.6) is 0 Å². The van der Waals surface area contributed by atoms with Gasteiger partial charge in [-0.3, -0.25) is 4.79 Å². The van der Waals surface area contributed by atoms with Crippen molar-refractivity contribution in [2.75, 3.05) is 19.5 Å². The number of rotatable bonds is 7. The minimum absolute atomic E-state index is 0.160. The van der Waals surface area contributed by atoms with E-state index in [1.165, 1.54) is 18.9 Å². The smallest absolute Gasteiger partial charge is 0.373 e. The van der Waals surface area contributed by atoms with Gasteiger partial charge in [-0.05, 0) is 19.1 Å². The maximum Gasteiger partial charge on any atom is 0.373 e. The van der Waals surface area contributed by atoms with Crippen molar-refractivity contribution in [3.63, 3.8) is 0 Å². The standard InChI is InChI=1S/C12H17NO5S/c1-3-17-11(14)9(13)7-19-6-8-4-5-10(18-8)12(15)16-2/h4-5,9H,3,6-7,13H2,1-2H3. The molecule has 0 amide bonds. The van der Waals surface area contributed by atoms with E-state index in [9.17, 15) is 9.59 Å². The summed E-state index contributed by atoms with van der Waals surface area (Å²) in [6, 6.07) is 2.59. The van der Waals surface area contributed by atoms with Crippen LogP contribution >= 0.6 is 11.8 Å². The fourth-order valence-electron chi connectivity index (χ4n) is 1.27. The second-order valence-electron chi connectivity index (χ2n) is 3.63. The summed E-state index contributed by atoms with van der Waals surface area (Å²) in [6.45, 7) is 2.05. The molecule has 1 rings (SSSR count). The molecule has 0 aliphatic carbocycles. The quantitative estimate of drug-likeness (QED) is 0.753. The molecule has 0 bridgehead atoms. The minimum Gasteiger partial charge on any atom is -0.465 e. The third kappa shape index (κ3) is 4.96. The van der Waals surface area contributed by atoms with Crippen LogP contribution in [0.4, 0.5) is 0 Å². The molecule has 2 N–H and O–H groups in total. The fraction of sp³-hybridized carbons (Fsp3) is 0.500. The normalized spacial score (nSPS) is 11.9. The topological polar surface area (TPSA) is 91.8 Å². The van der Waals surface area contributed by atoms with Gasteiger partial charge in [-0.2, -0.15) is 11.8 Å². The Bertz CT molecular complexity index is 432. The van der Waals surface area contributed by atoms with Gasteiger partial charge in [0.2, 0.25) is 5.76 Å². The van der Waals surface area contributed by atoms with Crippen LogP contribution in [0.2, 0.25) is 0 Å². The third-order valence-electron chi connectivity index (χ3n) is 2.18. The number of methoxy groups -OCH3 is 1. The monoisotopic (exact) mass is 287 g/mol. The van der Waals surface area contributed by atoms with Crippen molar-refractivity contribution >= 4 is 23.7 Å². The molecular formula is C12H17NO5S. The van der Waals surface area contributed by atoms with E-state index in [4.69, 9.17) is 14.9 Å². The Morgan fingerprint density at radius 3 is 2.84 bits per heavy atom. The van der Waals surface area contributed by atoms with Crippen molar-refractivity contribution in [2.24, 2.45) is 5.73 Å². The zero-order chi connectivity index (χ0) is 14.3. The van der Waals surface area contributed by atoms with Crippen molar-refractivity contribution in [2.45, 2.75) is 18.7 Å². The lowest BCUT2D eigenvalue weighted by molar-refractivity contribution is -0.144. The highest BCUT2D eigenvalue weighted by molar-refractivity contribution is 7.98. The molecule has 1 atom stereocenters. The summed E-state index contributed by atoms with van der Waals surface area (Å²) in [5, 5.41) is 0. The summed E-state index contributed by atoms with van der Waals surface area (Å²) >= 11 is 1.43. The second kappa shape index (κ2) is 7.85. The van der Waals surface area contributed by atoms with Gasteiger partial charge < -0.3 is 19.6 Å². The molecule has 0 saturated heterocycles. The molecule has 7 heteroatoms. The molecule has 0 radical (unpaired) electrons. The number of esters is 2. The zero-order valence-corrected chi connectivity index (χ0v) is 11.7. The Morgan fingerprint density at radius 2 is 2.21 bits per heavy atom. The summed E-state index contributed by atoms with van der Waals surface area (Å²) in [6.07, 6.45) is 0. The summed E-state index contributed by atoms with van der Waals surface area (Å²) < 4.78 is 14.6. The van der Waals surface area contributed by atoms with E-state index in [1.54, 1.807) is 19.1 Å². The molecule has 1 unspecified atom stereocenters.